The van der Waals surface area contributed by atoms with Crippen LogP contribution in [0.4, 0.5) is 0 Å². The average molecular weight is 428 g/mol. The number of aromatic nitrogens is 2. The highest BCUT2D eigenvalue weighted by molar-refractivity contribution is 7.91. The molecule has 0 bridgehead atoms. The van der Waals surface area contributed by atoms with Crippen LogP contribution >= 0.6 is 0 Å². The van der Waals surface area contributed by atoms with Gasteiger partial charge in [0.2, 0.25) is 5.91 Å². The molecule has 0 spiro atoms. The van der Waals surface area contributed by atoms with Gasteiger partial charge in [-0.05, 0) is 45.0 Å². The number of carbonyl (C=O) groups is 1. The first-order chi connectivity index (χ1) is 14.2. The molecule has 0 unspecified atom stereocenters. The molecule has 3 aromatic rings. The predicted molar refractivity (Wildman–Crippen MR) is 116 cm³/mol. The second kappa shape index (κ2) is 8.79. The molecule has 0 aliphatic carbocycles. The standard InChI is InChI=1S/C22H25N3O4S/c1-15(2)25(14-20-23-19-7-5-4-6-18(19)22(27)24-20)21(26)12-13-30(28,29)17-10-8-16(3)9-11-17/h4-11,15H,12-14H2,1-3H3,(H,23,24,27). The lowest BCUT2D eigenvalue weighted by molar-refractivity contribution is -0.133. The van der Waals surface area contributed by atoms with Crippen LogP contribution in [0, 0.1) is 6.92 Å². The Labute approximate surface area is 175 Å². The highest BCUT2D eigenvalue weighted by Crippen LogP contribution is 2.15. The lowest BCUT2D eigenvalue weighted by Crippen LogP contribution is -2.38. The molecule has 0 saturated carbocycles. The molecule has 7 nitrogen and oxygen atoms in total. The summed E-state index contributed by atoms with van der Waals surface area (Å²) in [5, 5.41) is 0.480. The van der Waals surface area contributed by atoms with E-state index in [2.05, 4.69) is 9.97 Å². The third-order valence-electron chi connectivity index (χ3n) is 4.89. The highest BCUT2D eigenvalue weighted by atomic mass is 32.2. The minimum atomic E-state index is -3.56. The van der Waals surface area contributed by atoms with Crippen LogP contribution < -0.4 is 5.56 Å². The monoisotopic (exact) mass is 427 g/mol. The summed E-state index contributed by atoms with van der Waals surface area (Å²) in [6.07, 6.45) is -0.147. The topological polar surface area (TPSA) is 100 Å². The summed E-state index contributed by atoms with van der Waals surface area (Å²) >= 11 is 0. The number of fused-ring (bicyclic) bond motifs is 1. The molecule has 0 radical (unpaired) electrons. The van der Waals surface area contributed by atoms with Gasteiger partial charge in [0.05, 0.1) is 28.1 Å². The van der Waals surface area contributed by atoms with Gasteiger partial charge in [0.25, 0.3) is 5.56 Å². The van der Waals surface area contributed by atoms with Crippen LogP contribution in [-0.2, 0) is 21.2 Å². The Kier molecular flexibility index (Phi) is 6.36. The number of para-hydroxylation sites is 1. The molecule has 0 aliphatic heterocycles. The van der Waals surface area contributed by atoms with E-state index >= 15 is 0 Å². The summed E-state index contributed by atoms with van der Waals surface area (Å²) < 4.78 is 25.1. The molecule has 1 aromatic heterocycles. The fourth-order valence-electron chi connectivity index (χ4n) is 3.16. The maximum absolute atomic E-state index is 12.8. The minimum absolute atomic E-state index is 0.0984. The van der Waals surface area contributed by atoms with E-state index < -0.39 is 9.84 Å². The molecule has 3 rings (SSSR count). The smallest absolute Gasteiger partial charge is 0.258 e. The van der Waals surface area contributed by atoms with Gasteiger partial charge >= 0.3 is 0 Å². The Morgan fingerprint density at radius 2 is 1.77 bits per heavy atom. The number of nitrogens with zero attached hydrogens (tertiary/aromatic N) is 2. The zero-order chi connectivity index (χ0) is 21.9. The molecule has 1 heterocycles. The molecule has 0 aliphatic rings. The maximum Gasteiger partial charge on any atom is 0.258 e. The van der Waals surface area contributed by atoms with Crippen LogP contribution in [0.3, 0.4) is 0 Å². The van der Waals surface area contributed by atoms with E-state index in [0.29, 0.717) is 16.7 Å². The molecular formula is C22H25N3O4S. The SMILES string of the molecule is Cc1ccc(S(=O)(=O)CCC(=O)N(Cc2nc3ccccc3c(=O)[nH]2)C(C)C)cc1. The van der Waals surface area contributed by atoms with Gasteiger partial charge in [-0.25, -0.2) is 13.4 Å². The molecule has 30 heavy (non-hydrogen) atoms. The average Bonchev–Trinajstić information content (AvgIpc) is 2.70. The van der Waals surface area contributed by atoms with Crippen LogP contribution in [0.2, 0.25) is 0 Å². The van der Waals surface area contributed by atoms with E-state index in [4.69, 9.17) is 0 Å². The number of amides is 1. The molecule has 1 amide bonds. The number of nitrogens with one attached hydrogen (secondary N) is 1. The summed E-state index contributed by atoms with van der Waals surface area (Å²) in [6.45, 7) is 5.66. The molecule has 8 heteroatoms. The van der Waals surface area contributed by atoms with Gasteiger partial charge in [0, 0.05) is 12.5 Å². The number of sulfone groups is 1. The van der Waals surface area contributed by atoms with Crippen molar-refractivity contribution in [3.8, 4) is 0 Å². The summed E-state index contributed by atoms with van der Waals surface area (Å²) in [5.41, 5.74) is 1.25. The van der Waals surface area contributed by atoms with Gasteiger partial charge in [-0.1, -0.05) is 29.8 Å². The molecular weight excluding hydrogens is 402 g/mol. The summed E-state index contributed by atoms with van der Waals surface area (Å²) in [4.78, 5) is 34.0. The van der Waals surface area contributed by atoms with Crippen molar-refractivity contribution in [1.29, 1.82) is 0 Å². The molecule has 0 atom stereocenters. The second-order valence-electron chi connectivity index (χ2n) is 7.53. The zero-order valence-corrected chi connectivity index (χ0v) is 18.1. The highest BCUT2D eigenvalue weighted by Gasteiger charge is 2.22. The van der Waals surface area contributed by atoms with Crippen molar-refractivity contribution >= 4 is 26.6 Å². The van der Waals surface area contributed by atoms with Gasteiger partial charge in [-0.2, -0.15) is 0 Å². The van der Waals surface area contributed by atoms with Crippen molar-refractivity contribution < 1.29 is 13.2 Å². The molecule has 158 valence electrons. The Bertz CT molecular complexity index is 1220. The second-order valence-corrected chi connectivity index (χ2v) is 9.64. The van der Waals surface area contributed by atoms with Crippen molar-refractivity contribution in [2.45, 2.75) is 44.7 Å². The Balaban J connectivity index is 1.75. The summed E-state index contributed by atoms with van der Waals surface area (Å²) in [7, 11) is -3.56. The fraction of sp³-hybridized carbons (Fsp3) is 0.318. The number of aromatic amines is 1. The third kappa shape index (κ3) is 4.94. The molecule has 0 saturated heterocycles. The van der Waals surface area contributed by atoms with Crippen molar-refractivity contribution in [2.75, 3.05) is 5.75 Å². The van der Waals surface area contributed by atoms with Crippen LogP contribution in [0.1, 0.15) is 31.7 Å². The van der Waals surface area contributed by atoms with E-state index in [0.717, 1.165) is 5.56 Å². The van der Waals surface area contributed by atoms with Gasteiger partial charge in [0.15, 0.2) is 9.84 Å². The Morgan fingerprint density at radius 1 is 1.10 bits per heavy atom. The third-order valence-corrected chi connectivity index (χ3v) is 6.62. The number of rotatable bonds is 7. The quantitative estimate of drug-likeness (QED) is 0.625. The van der Waals surface area contributed by atoms with E-state index in [-0.39, 0.29) is 41.1 Å². The van der Waals surface area contributed by atoms with Crippen molar-refractivity contribution in [2.24, 2.45) is 0 Å². The van der Waals surface area contributed by atoms with E-state index in [1.165, 1.54) is 4.90 Å². The van der Waals surface area contributed by atoms with Gasteiger partial charge in [0.1, 0.15) is 5.82 Å². The number of aryl methyl sites for hydroxylation is 1. The van der Waals surface area contributed by atoms with Gasteiger partial charge < -0.3 is 9.88 Å². The van der Waals surface area contributed by atoms with E-state index in [1.807, 2.05) is 20.8 Å². The maximum atomic E-state index is 12.8. The first-order valence-corrected chi connectivity index (χ1v) is 11.4. The largest absolute Gasteiger partial charge is 0.333 e. The summed E-state index contributed by atoms with van der Waals surface area (Å²) in [5.74, 6) is -0.224. The molecule has 2 aromatic carbocycles. The number of benzene rings is 2. The number of carbonyl (C=O) groups excluding carboxylic acids is 1. The molecule has 1 N–H and O–H groups in total. The van der Waals surface area contributed by atoms with Crippen molar-refractivity contribution in [1.82, 2.24) is 14.9 Å². The Hall–Kier alpha value is -3.00. The van der Waals surface area contributed by atoms with E-state index in [1.54, 1.807) is 48.5 Å². The summed E-state index contributed by atoms with van der Waals surface area (Å²) in [6, 6.07) is 13.4. The van der Waals surface area contributed by atoms with Crippen molar-refractivity contribution in [3.63, 3.8) is 0 Å². The van der Waals surface area contributed by atoms with Crippen molar-refractivity contribution in [3.05, 3.63) is 70.3 Å². The van der Waals surface area contributed by atoms with Crippen LogP contribution in [-0.4, -0.2) is 41.0 Å². The minimum Gasteiger partial charge on any atom is -0.333 e. The number of hydrogen-bond donors (Lipinski definition) is 1. The fourth-order valence-corrected chi connectivity index (χ4v) is 4.39. The number of hydrogen-bond acceptors (Lipinski definition) is 5. The first-order valence-electron chi connectivity index (χ1n) is 9.74. The lowest BCUT2D eigenvalue weighted by Gasteiger charge is -2.26. The van der Waals surface area contributed by atoms with Crippen LogP contribution in [0.25, 0.3) is 10.9 Å². The van der Waals surface area contributed by atoms with Gasteiger partial charge in [-0.3, -0.25) is 9.59 Å². The van der Waals surface area contributed by atoms with E-state index in [9.17, 15) is 18.0 Å². The predicted octanol–water partition coefficient (Wildman–Crippen LogP) is 2.83. The normalized spacial score (nSPS) is 11.7. The van der Waals surface area contributed by atoms with Crippen LogP contribution in [0.5, 0.6) is 0 Å². The zero-order valence-electron chi connectivity index (χ0n) is 17.3. The van der Waals surface area contributed by atoms with Gasteiger partial charge in [-0.15, -0.1) is 0 Å². The first kappa shape index (κ1) is 21.7. The Morgan fingerprint density at radius 3 is 2.43 bits per heavy atom. The van der Waals surface area contributed by atoms with Crippen LogP contribution in [0.15, 0.2) is 58.2 Å². The number of H-pyrrole nitrogens is 1. The molecule has 0 fully saturated rings. The lowest BCUT2D eigenvalue weighted by atomic mass is 10.2.